The third kappa shape index (κ3) is 9.40. The SMILES string of the molecule is COc1cc(/C=C/c2nc3n(n2)CCO[C@@H]3c2cc(F)c(F)c(F)c2)ccc1-n1cnc(C)c1.COc1cc(/C=C/c2nc3n(n2)CCO[C@H]3c2cc(F)c(F)c(F)c2)ccc1-n1cnc(C)c1. The lowest BCUT2D eigenvalue weighted by molar-refractivity contribution is 0.0384. The molecule has 2 aliphatic heterocycles. The molecule has 4 aromatic heterocycles. The molecule has 348 valence electrons. The predicted molar refractivity (Wildman–Crippen MR) is 236 cm³/mol. The van der Waals surface area contributed by atoms with Crippen LogP contribution in [0.2, 0.25) is 0 Å². The first-order valence-electron chi connectivity index (χ1n) is 21.0. The highest BCUT2D eigenvalue weighted by Gasteiger charge is 2.30. The summed E-state index contributed by atoms with van der Waals surface area (Å²) in [5.74, 6) is -5.23. The summed E-state index contributed by atoms with van der Waals surface area (Å²) >= 11 is 0. The van der Waals surface area contributed by atoms with Crippen LogP contribution in [0, 0.1) is 48.8 Å². The summed E-state index contributed by atoms with van der Waals surface area (Å²) in [6.07, 6.45) is 12.7. The van der Waals surface area contributed by atoms with E-state index in [1.54, 1.807) is 48.4 Å². The Hall–Kier alpha value is -7.84. The Balaban J connectivity index is 0.000000170. The molecule has 14 nitrogen and oxygen atoms in total. The number of nitrogens with zero attached hydrogens (tertiary/aromatic N) is 10. The van der Waals surface area contributed by atoms with Crippen molar-refractivity contribution in [2.45, 2.75) is 39.1 Å². The van der Waals surface area contributed by atoms with Crippen LogP contribution in [-0.4, -0.2) is 76.1 Å². The molecule has 8 aromatic rings. The van der Waals surface area contributed by atoms with Gasteiger partial charge in [0.1, 0.15) is 23.7 Å². The molecular formula is C48H40F6N10O4. The number of fused-ring (bicyclic) bond motifs is 2. The second-order valence-electron chi connectivity index (χ2n) is 15.6. The molecule has 0 bridgehead atoms. The maximum absolute atomic E-state index is 13.7. The van der Waals surface area contributed by atoms with Gasteiger partial charge in [0.05, 0.1) is 75.9 Å². The van der Waals surface area contributed by atoms with E-state index in [0.717, 1.165) is 58.2 Å². The lowest BCUT2D eigenvalue weighted by atomic mass is 10.1. The normalized spacial score (nSPS) is 15.6. The van der Waals surface area contributed by atoms with Crippen molar-refractivity contribution in [3.63, 3.8) is 0 Å². The van der Waals surface area contributed by atoms with Gasteiger partial charge in [-0.05, 0) is 96.8 Å². The van der Waals surface area contributed by atoms with Gasteiger partial charge in [0, 0.05) is 12.4 Å². The van der Waals surface area contributed by atoms with Crippen LogP contribution in [0.3, 0.4) is 0 Å². The molecular weight excluding hydrogens is 895 g/mol. The molecule has 10 rings (SSSR count). The Bertz CT molecular complexity index is 2960. The highest BCUT2D eigenvalue weighted by atomic mass is 19.2. The molecule has 0 spiro atoms. The minimum Gasteiger partial charge on any atom is -0.495 e. The number of aryl methyl sites for hydroxylation is 2. The van der Waals surface area contributed by atoms with Crippen LogP contribution in [0.4, 0.5) is 26.3 Å². The van der Waals surface area contributed by atoms with E-state index >= 15 is 0 Å². The van der Waals surface area contributed by atoms with Crippen LogP contribution in [0.15, 0.2) is 85.7 Å². The minimum absolute atomic E-state index is 0.135. The molecule has 0 unspecified atom stereocenters. The maximum Gasteiger partial charge on any atom is 0.194 e. The summed E-state index contributed by atoms with van der Waals surface area (Å²) in [4.78, 5) is 17.4. The molecule has 6 heterocycles. The molecule has 0 saturated carbocycles. The number of aromatic nitrogens is 10. The number of hydrogen-bond donors (Lipinski definition) is 0. The molecule has 0 saturated heterocycles. The van der Waals surface area contributed by atoms with E-state index < -0.39 is 47.1 Å². The van der Waals surface area contributed by atoms with Crippen molar-refractivity contribution in [2.75, 3.05) is 27.4 Å². The minimum atomic E-state index is -1.52. The molecule has 0 radical (unpaired) electrons. The van der Waals surface area contributed by atoms with E-state index in [2.05, 4.69) is 30.1 Å². The quantitative estimate of drug-likeness (QED) is 0.0967. The van der Waals surface area contributed by atoms with Crippen LogP contribution in [-0.2, 0) is 22.6 Å². The summed E-state index contributed by atoms with van der Waals surface area (Å²) in [6, 6.07) is 15.1. The zero-order valence-corrected chi connectivity index (χ0v) is 36.7. The smallest absolute Gasteiger partial charge is 0.194 e. The van der Waals surface area contributed by atoms with Gasteiger partial charge >= 0.3 is 0 Å². The molecule has 68 heavy (non-hydrogen) atoms. The number of ether oxygens (including phenoxy) is 4. The third-order valence-corrected chi connectivity index (χ3v) is 10.9. The van der Waals surface area contributed by atoms with Crippen molar-refractivity contribution in [3.8, 4) is 22.9 Å². The number of halogens is 6. The van der Waals surface area contributed by atoms with E-state index in [0.29, 0.717) is 47.9 Å². The Morgan fingerprint density at radius 1 is 0.559 bits per heavy atom. The topological polar surface area (TPSA) is 134 Å². The standard InChI is InChI=1S/2C24H20F3N5O2/c2*1-14-12-31(13-28-14)19-5-3-15(9-20(19)33-2)4-6-21-29-24-23(34-8-7-32(24)30-21)16-10-17(25)22(27)18(26)11-16/h2*3-6,9-13,23H,7-8H2,1-2H3/b2*6-4+/t2*23-/m10/s1. The molecule has 0 fully saturated rings. The van der Waals surface area contributed by atoms with Crippen molar-refractivity contribution >= 4 is 24.3 Å². The third-order valence-electron chi connectivity index (χ3n) is 10.9. The first-order chi connectivity index (χ1) is 32.8. The zero-order valence-electron chi connectivity index (χ0n) is 36.7. The first-order valence-corrected chi connectivity index (χ1v) is 21.0. The second-order valence-corrected chi connectivity index (χ2v) is 15.6. The number of hydrogen-bond acceptors (Lipinski definition) is 10. The largest absolute Gasteiger partial charge is 0.495 e. The van der Waals surface area contributed by atoms with E-state index in [1.165, 1.54) is 0 Å². The summed E-state index contributed by atoms with van der Waals surface area (Å²) in [6.45, 7) is 5.25. The van der Waals surface area contributed by atoms with Crippen molar-refractivity contribution in [3.05, 3.63) is 178 Å². The van der Waals surface area contributed by atoms with Crippen molar-refractivity contribution in [1.29, 1.82) is 0 Å². The maximum atomic E-state index is 13.7. The first kappa shape index (κ1) is 45.3. The monoisotopic (exact) mass is 934 g/mol. The molecule has 0 N–H and O–H groups in total. The van der Waals surface area contributed by atoms with Gasteiger partial charge in [-0.2, -0.15) is 10.2 Å². The lowest BCUT2D eigenvalue weighted by Gasteiger charge is -2.23. The van der Waals surface area contributed by atoms with Crippen LogP contribution < -0.4 is 9.47 Å². The van der Waals surface area contributed by atoms with E-state index in [9.17, 15) is 26.3 Å². The van der Waals surface area contributed by atoms with E-state index in [1.807, 2.05) is 83.9 Å². The van der Waals surface area contributed by atoms with Crippen LogP contribution in [0.1, 0.15) is 69.1 Å². The fourth-order valence-electron chi connectivity index (χ4n) is 7.68. The highest BCUT2D eigenvalue weighted by Crippen LogP contribution is 2.33. The van der Waals surface area contributed by atoms with Gasteiger partial charge in [-0.1, -0.05) is 24.3 Å². The van der Waals surface area contributed by atoms with Crippen LogP contribution in [0.25, 0.3) is 35.7 Å². The summed E-state index contributed by atoms with van der Waals surface area (Å²) in [7, 11) is 3.20. The van der Waals surface area contributed by atoms with Gasteiger partial charge in [-0.25, -0.2) is 55.6 Å². The average Bonchev–Trinajstić information content (AvgIpc) is 4.17. The fourth-order valence-corrected chi connectivity index (χ4v) is 7.68. The molecule has 20 heteroatoms. The summed E-state index contributed by atoms with van der Waals surface area (Å²) in [5, 5.41) is 8.90. The van der Waals surface area contributed by atoms with Gasteiger partial charge < -0.3 is 28.1 Å². The lowest BCUT2D eigenvalue weighted by Crippen LogP contribution is -2.24. The second kappa shape index (κ2) is 19.2. The predicted octanol–water partition coefficient (Wildman–Crippen LogP) is 8.98. The highest BCUT2D eigenvalue weighted by molar-refractivity contribution is 5.70. The number of rotatable bonds is 10. The number of methoxy groups -OCH3 is 2. The molecule has 0 aliphatic carbocycles. The number of benzene rings is 4. The Kier molecular flexibility index (Phi) is 12.8. The summed E-state index contributed by atoms with van der Waals surface area (Å²) in [5.41, 5.74) is 5.50. The van der Waals surface area contributed by atoms with Gasteiger partial charge in [0.25, 0.3) is 0 Å². The van der Waals surface area contributed by atoms with Gasteiger partial charge in [0.15, 0.2) is 58.2 Å². The fraction of sp³-hybridized carbons (Fsp3) is 0.208. The number of imidazole rings is 2. The zero-order chi connectivity index (χ0) is 47.6. The van der Waals surface area contributed by atoms with Crippen molar-refractivity contribution < 1.29 is 45.3 Å². The average molecular weight is 935 g/mol. The van der Waals surface area contributed by atoms with Gasteiger partial charge in [0.2, 0.25) is 0 Å². The van der Waals surface area contributed by atoms with Gasteiger partial charge in [-0.3, -0.25) is 0 Å². The van der Waals surface area contributed by atoms with Crippen LogP contribution >= 0.6 is 0 Å². The van der Waals surface area contributed by atoms with Crippen molar-refractivity contribution in [2.24, 2.45) is 0 Å². The summed E-state index contributed by atoms with van der Waals surface area (Å²) < 4.78 is 111. The van der Waals surface area contributed by atoms with Crippen LogP contribution in [0.5, 0.6) is 11.5 Å². The molecule has 4 aromatic carbocycles. The molecule has 2 aliphatic rings. The van der Waals surface area contributed by atoms with E-state index in [-0.39, 0.29) is 24.3 Å². The molecule has 2 atom stereocenters. The van der Waals surface area contributed by atoms with Gasteiger partial charge in [-0.15, -0.1) is 0 Å². The Morgan fingerprint density at radius 2 is 0.956 bits per heavy atom. The molecule has 0 amide bonds. The Labute approximate surface area is 384 Å². The Morgan fingerprint density at radius 3 is 1.31 bits per heavy atom. The van der Waals surface area contributed by atoms with Crippen molar-refractivity contribution in [1.82, 2.24) is 48.6 Å². The van der Waals surface area contributed by atoms with E-state index in [4.69, 9.17) is 18.9 Å².